The minimum absolute atomic E-state index is 0.258. The van der Waals surface area contributed by atoms with Crippen LogP contribution in [0.1, 0.15) is 78.1 Å². The van der Waals surface area contributed by atoms with Crippen LogP contribution in [-0.2, 0) is 51.9 Å². The summed E-state index contributed by atoms with van der Waals surface area (Å²) < 4.78 is 30.3. The molecule has 0 bridgehead atoms. The molecule has 12 heterocycles. The zero-order chi connectivity index (χ0) is 79.3. The molecule has 4 aliphatic heterocycles. The van der Waals surface area contributed by atoms with Gasteiger partial charge in [0.1, 0.15) is 36.2 Å². The maximum atomic E-state index is 13.5. The fraction of sp³-hybridized carbons (Fsp3) is 0.264. The number of ether oxygens (including phenoxy) is 2. The van der Waals surface area contributed by atoms with Gasteiger partial charge in [-0.25, -0.2) is 59.2 Å². The number of benzene rings is 7. The number of fused-ring (bicyclic) bond motifs is 7. The van der Waals surface area contributed by atoms with E-state index in [1.54, 1.807) is 61.5 Å². The Labute approximate surface area is 659 Å². The van der Waals surface area contributed by atoms with E-state index in [2.05, 4.69) is 174 Å². The van der Waals surface area contributed by atoms with Crippen LogP contribution < -0.4 is 32.4 Å². The Bertz CT molecular complexity index is 6180. The molecule has 4 aliphatic rings. The van der Waals surface area contributed by atoms with Crippen LogP contribution in [-0.4, -0.2) is 160 Å². The van der Waals surface area contributed by atoms with Crippen LogP contribution in [0, 0.1) is 47.4 Å². The molecule has 9 N–H and O–H groups in total. The van der Waals surface area contributed by atoms with Crippen molar-refractivity contribution in [3.05, 3.63) is 237 Å². The third-order valence-electron chi connectivity index (χ3n) is 22.0. The Balaban J connectivity index is 0.000000115. The molecular weight excluding hydrogens is 1430 g/mol. The lowest BCUT2D eigenvalue weighted by Crippen LogP contribution is -2.27. The van der Waals surface area contributed by atoms with Gasteiger partial charge in [0, 0.05) is 86.7 Å². The van der Waals surface area contributed by atoms with Gasteiger partial charge >= 0.3 is 0 Å². The highest BCUT2D eigenvalue weighted by Crippen LogP contribution is 2.37. The molecule has 0 unspecified atom stereocenters. The summed E-state index contributed by atoms with van der Waals surface area (Å²) in [5, 5.41) is 7.05. The third kappa shape index (κ3) is 15.2. The first-order chi connectivity index (χ1) is 55.0. The van der Waals surface area contributed by atoms with E-state index >= 15 is 0 Å². The second-order valence-corrected chi connectivity index (χ2v) is 30.2. The van der Waals surface area contributed by atoms with Crippen molar-refractivity contribution in [3.8, 4) is 79.9 Å². The van der Waals surface area contributed by atoms with E-state index in [4.69, 9.17) is 47.4 Å². The number of likely N-dealkylation sites (N-methyl/N-ethyl adjacent to an activating group) is 4. The second-order valence-electron chi connectivity index (χ2n) is 30.2. The first-order valence-electron chi connectivity index (χ1n) is 38.1. The Kier molecular flexibility index (Phi) is 20.6. The van der Waals surface area contributed by atoms with Gasteiger partial charge in [0.15, 0.2) is 46.5 Å². The topological polar surface area (TPSA) is 321 Å². The largest absolute Gasteiger partial charge is 0.497 e. The van der Waals surface area contributed by atoms with E-state index in [0.29, 0.717) is 52.1 Å². The van der Waals surface area contributed by atoms with Crippen molar-refractivity contribution < 1.29 is 13.9 Å². The molecule has 0 fully saturated rings. The maximum Gasteiger partial charge on any atom is 0.263 e. The molecule has 27 heteroatoms. The fourth-order valence-electron chi connectivity index (χ4n) is 15.9. The number of aromatic nitrogens is 16. The molecule has 26 nitrogen and oxygen atoms in total. The summed E-state index contributed by atoms with van der Waals surface area (Å²) in [6, 6.07) is 35.8. The summed E-state index contributed by atoms with van der Waals surface area (Å²) in [5.74, 6) is 4.35. The van der Waals surface area contributed by atoms with Crippen LogP contribution in [0.3, 0.4) is 0 Å². The van der Waals surface area contributed by atoms with Crippen LogP contribution in [0.5, 0.6) is 17.4 Å². The van der Waals surface area contributed by atoms with Gasteiger partial charge in [0.2, 0.25) is 0 Å². The van der Waals surface area contributed by atoms with Crippen LogP contribution in [0.25, 0.3) is 95.6 Å². The molecule has 0 aliphatic carbocycles. The van der Waals surface area contributed by atoms with E-state index < -0.39 is 0 Å². The van der Waals surface area contributed by atoms with Crippen molar-refractivity contribution in [2.75, 3.05) is 84.4 Å². The van der Waals surface area contributed by atoms with Crippen molar-refractivity contribution in [3.63, 3.8) is 0 Å². The third-order valence-corrected chi connectivity index (χ3v) is 22.0. The molecule has 0 radical (unpaired) electrons. The van der Waals surface area contributed by atoms with E-state index in [1.807, 2.05) is 65.4 Å². The number of nitrogen functional groups attached to an aromatic ring is 4. The Morgan fingerprint density at radius 2 is 0.772 bits per heavy atom. The Morgan fingerprint density at radius 1 is 0.404 bits per heavy atom. The molecule has 578 valence electrons. The fourth-order valence-corrected chi connectivity index (χ4v) is 15.9. The number of halogens is 1. The number of aryl methyl sites for hydroxylation is 6. The minimum Gasteiger partial charge on any atom is -0.497 e. The van der Waals surface area contributed by atoms with Gasteiger partial charge in [0.05, 0.1) is 93.5 Å². The molecule has 0 atom stereocenters. The molecule has 19 rings (SSSR count). The number of para-hydroxylation sites is 2. The summed E-state index contributed by atoms with van der Waals surface area (Å²) in [6.45, 7) is 20.6. The van der Waals surface area contributed by atoms with E-state index in [9.17, 15) is 4.39 Å². The van der Waals surface area contributed by atoms with Crippen molar-refractivity contribution in [1.82, 2.24) is 98.3 Å². The Hall–Kier alpha value is -13.0. The number of nitrogens with zero attached hydrogens (tertiary/aromatic N) is 19. The number of hydrogen-bond acceptors (Lipinski definition) is 22. The quantitative estimate of drug-likeness (QED) is 0.0849. The molecule has 0 saturated heterocycles. The van der Waals surface area contributed by atoms with Crippen molar-refractivity contribution in [2.45, 2.75) is 93.4 Å². The van der Waals surface area contributed by atoms with Crippen molar-refractivity contribution in [1.29, 1.82) is 0 Å². The first kappa shape index (κ1) is 75.1. The van der Waals surface area contributed by atoms with Gasteiger partial charge < -0.3 is 52.0 Å². The summed E-state index contributed by atoms with van der Waals surface area (Å²) in [4.78, 5) is 59.3. The molecule has 0 amide bonds. The summed E-state index contributed by atoms with van der Waals surface area (Å²) >= 11 is 0. The van der Waals surface area contributed by atoms with E-state index in [-0.39, 0.29) is 11.6 Å². The van der Waals surface area contributed by atoms with Crippen LogP contribution in [0.4, 0.5) is 27.7 Å². The minimum atomic E-state index is -0.329. The number of H-pyrrole nitrogens is 1. The van der Waals surface area contributed by atoms with Gasteiger partial charge in [-0.15, -0.1) is 0 Å². The average molecular weight is 1520 g/mol. The van der Waals surface area contributed by atoms with Gasteiger partial charge in [-0.3, -0.25) is 18.8 Å². The van der Waals surface area contributed by atoms with Gasteiger partial charge in [-0.1, -0.05) is 12.1 Å². The average Bonchev–Trinajstić information content (AvgIpc) is 1.44. The summed E-state index contributed by atoms with van der Waals surface area (Å²) in [7, 11) is 10.2. The van der Waals surface area contributed by atoms with Crippen LogP contribution >= 0.6 is 0 Å². The van der Waals surface area contributed by atoms with Crippen LogP contribution in [0.2, 0.25) is 0 Å². The van der Waals surface area contributed by atoms with E-state index in [0.717, 1.165) is 168 Å². The maximum absolute atomic E-state index is 13.5. The summed E-state index contributed by atoms with van der Waals surface area (Å²) in [5.41, 5.74) is 54.6. The molecule has 7 aromatic carbocycles. The molecule has 114 heavy (non-hydrogen) atoms. The SMILES string of the molecule is COc1ccc2c(c1)ncn2-c1nc(-c2cc(C)c3c(c2)CN(C)CC3)cnc1N.Cc1cc(-c2cnc(N)c(-n3cnc4cc(F)ccc43)n2)cc2c1CCN(C)C2.Cc1cc(-c2cnc(N)c(-n3cnc4ccccc43)n2)cc2c1CCN(C)C2.Cc1cc(-c2cnc(N)c(Oc3c(C)n[nH]c3C)n2)cc2c1CCN(C)C2. The number of nitrogens with one attached hydrogen (secondary N) is 1. The predicted octanol–water partition coefficient (Wildman–Crippen LogP) is 13.4. The summed E-state index contributed by atoms with van der Waals surface area (Å²) in [6.07, 6.45) is 16.3. The number of rotatable bonds is 10. The highest BCUT2D eigenvalue weighted by molar-refractivity contribution is 5.82. The van der Waals surface area contributed by atoms with Gasteiger partial charge in [0.25, 0.3) is 5.88 Å². The zero-order valence-corrected chi connectivity index (χ0v) is 65.9. The molecule has 8 aromatic heterocycles. The monoisotopic (exact) mass is 1520 g/mol. The van der Waals surface area contributed by atoms with Gasteiger partial charge in [-0.05, 0) is 247 Å². The molecular formula is C87H91FN24O2. The normalized spacial score (nSPS) is 14.2. The highest BCUT2D eigenvalue weighted by atomic mass is 19.1. The zero-order valence-electron chi connectivity index (χ0n) is 65.9. The molecule has 0 saturated carbocycles. The second kappa shape index (κ2) is 31.3. The number of nitrogens with two attached hydrogens (primary N) is 4. The van der Waals surface area contributed by atoms with E-state index in [1.165, 1.54) is 78.9 Å². The number of anilines is 4. The number of imidazole rings is 3. The molecule has 0 spiro atoms. The Morgan fingerprint density at radius 3 is 1.18 bits per heavy atom. The highest BCUT2D eigenvalue weighted by Gasteiger charge is 2.25. The lowest BCUT2D eigenvalue weighted by atomic mass is 9.92. The number of aromatic amines is 1. The van der Waals surface area contributed by atoms with Crippen LogP contribution in [0.15, 0.2) is 153 Å². The lowest BCUT2D eigenvalue weighted by molar-refractivity contribution is 0.312. The lowest BCUT2D eigenvalue weighted by Gasteiger charge is -2.27. The number of methoxy groups -OCH3 is 1. The predicted molar refractivity (Wildman–Crippen MR) is 445 cm³/mol. The molecule has 15 aromatic rings. The standard InChI is InChI=1S/C23H24N6O.C22H21FN6.C22H22N6.C20H24N6O/c1-14-8-15(9-16-12-28(2)7-6-18(14)16)20-11-25-22(24)23(27-20)29-13-26-19-10-17(30-3)4-5-21(19)29;1-13-7-14(8-15-11-28(2)6-5-17(13)15)19-10-25-21(24)22(27-19)29-12-26-18-9-16(23)3-4-20(18)29;1-14-9-15(10-16-12-27(2)8-7-17(14)16)19-11-24-21(23)22(26-19)28-13-25-18-5-3-4-6-20(18)28;1-11-7-14(8-15-10-26(4)6-5-16(11)15)17-9-22-19(21)20(23-17)27-18-12(2)24-25-13(18)3/h4-5,8-11,13H,6-7,12H2,1-3H3,(H2,24,25);3-4,7-10,12H,5-6,11H2,1-2H3,(H2,24,25);3-6,9-11,13H,7-8,12H2,1-2H3,(H2,23,24);7-9H,5-6,10H2,1-4H3,(H2,21,22)(H,24,25). The van der Waals surface area contributed by atoms with Crippen molar-refractivity contribution >= 4 is 56.4 Å². The smallest absolute Gasteiger partial charge is 0.263 e. The van der Waals surface area contributed by atoms with Crippen molar-refractivity contribution in [2.24, 2.45) is 0 Å². The van der Waals surface area contributed by atoms with Gasteiger partial charge in [-0.2, -0.15) is 5.10 Å². The number of hydrogen-bond donors (Lipinski definition) is 5. The first-order valence-corrected chi connectivity index (χ1v) is 38.1.